The lowest BCUT2D eigenvalue weighted by molar-refractivity contribution is -0.161. The zero-order valence-electron chi connectivity index (χ0n) is 32.3. The summed E-state index contributed by atoms with van der Waals surface area (Å²) in [5, 5.41) is 18.3. The van der Waals surface area contributed by atoms with E-state index in [4.69, 9.17) is 19.1 Å². The average molecular weight is 747 g/mol. The highest BCUT2D eigenvalue weighted by Gasteiger charge is 2.27. The summed E-state index contributed by atoms with van der Waals surface area (Å²) in [6.45, 7) is 2.32. The minimum absolute atomic E-state index is 0.181. The number of carbonyl (C=O) groups excluding carboxylic acids is 2. The van der Waals surface area contributed by atoms with E-state index < -0.39 is 51.8 Å². The van der Waals surface area contributed by atoms with Gasteiger partial charge in [-0.25, -0.2) is 4.57 Å². The molecule has 0 bridgehead atoms. The highest BCUT2D eigenvalue weighted by Crippen LogP contribution is 2.43. The third-order valence-corrected chi connectivity index (χ3v) is 9.53. The highest BCUT2D eigenvalue weighted by atomic mass is 31.2. The first kappa shape index (κ1) is 49.5. The van der Waals surface area contributed by atoms with Gasteiger partial charge in [0.2, 0.25) is 0 Å². The van der Waals surface area contributed by atoms with Crippen LogP contribution in [0, 0.1) is 0 Å². The van der Waals surface area contributed by atoms with Gasteiger partial charge in [-0.1, -0.05) is 134 Å². The molecule has 0 heterocycles. The van der Waals surface area contributed by atoms with Crippen LogP contribution in [0.25, 0.3) is 0 Å². The Morgan fingerprint density at radius 1 is 0.569 bits per heavy atom. The number of phosphoric ester groups is 1. The standard InChI is InChI=1S/C40H75O10P/c1-3-5-7-9-11-13-15-17-18-20-22-24-26-28-30-32-40(44)50-38(36-49-51(45,46)48-34-37(42)33-41)35-47-39(43)31-29-27-25-23-21-19-16-14-12-10-8-6-4-2/h9,11,14,16,37-38,41-42H,3-8,10,12-13,15,17-36H2,1-2H3,(H,45,46)/b11-9+,16-14+/t37-,38+/m0/s1. The smallest absolute Gasteiger partial charge is 0.462 e. The Labute approximate surface area is 310 Å². The van der Waals surface area contributed by atoms with E-state index in [0.717, 1.165) is 57.8 Å². The fourth-order valence-corrected chi connectivity index (χ4v) is 6.17. The summed E-state index contributed by atoms with van der Waals surface area (Å²) in [7, 11) is -4.61. The van der Waals surface area contributed by atoms with E-state index in [0.29, 0.717) is 12.8 Å². The molecule has 0 aliphatic carbocycles. The molecule has 11 heteroatoms. The summed E-state index contributed by atoms with van der Waals surface area (Å²) in [4.78, 5) is 34.9. The minimum atomic E-state index is -4.61. The van der Waals surface area contributed by atoms with Crippen LogP contribution in [-0.2, 0) is 32.7 Å². The van der Waals surface area contributed by atoms with Crippen LogP contribution in [0.5, 0.6) is 0 Å². The molecule has 0 aromatic heterocycles. The van der Waals surface area contributed by atoms with Crippen LogP contribution in [0.1, 0.15) is 181 Å². The summed E-state index contributed by atoms with van der Waals surface area (Å²) in [5.41, 5.74) is 0. The van der Waals surface area contributed by atoms with E-state index in [9.17, 15) is 24.2 Å². The lowest BCUT2D eigenvalue weighted by atomic mass is 10.1. The maximum atomic E-state index is 12.6. The van der Waals surface area contributed by atoms with Crippen molar-refractivity contribution < 1.29 is 47.8 Å². The van der Waals surface area contributed by atoms with Crippen molar-refractivity contribution >= 4 is 19.8 Å². The third kappa shape index (κ3) is 36.6. The van der Waals surface area contributed by atoms with E-state index in [1.54, 1.807) is 0 Å². The molecule has 0 aliphatic rings. The molecular weight excluding hydrogens is 671 g/mol. The van der Waals surface area contributed by atoms with Crippen molar-refractivity contribution in [3.63, 3.8) is 0 Å². The van der Waals surface area contributed by atoms with Gasteiger partial charge in [0.25, 0.3) is 0 Å². The second-order valence-corrected chi connectivity index (χ2v) is 15.1. The second kappa shape index (κ2) is 36.8. The fraction of sp³-hybridized carbons (Fsp3) is 0.850. The molecule has 0 spiro atoms. The summed E-state index contributed by atoms with van der Waals surface area (Å²) < 4.78 is 32.6. The SMILES string of the molecule is CCCC/C=C/CCCCCCCCCCCC(=O)O[C@H](COC(=O)CCCCCCC/C=C/CCCCCC)COP(=O)(O)OC[C@@H](O)CO. The van der Waals surface area contributed by atoms with Gasteiger partial charge in [0.05, 0.1) is 19.8 Å². The Kier molecular flexibility index (Phi) is 35.7. The van der Waals surface area contributed by atoms with Crippen LogP contribution in [-0.4, -0.2) is 65.7 Å². The zero-order chi connectivity index (χ0) is 37.7. The second-order valence-electron chi connectivity index (χ2n) is 13.7. The van der Waals surface area contributed by atoms with Crippen molar-refractivity contribution in [2.45, 2.75) is 193 Å². The number of hydrogen-bond acceptors (Lipinski definition) is 9. The molecule has 10 nitrogen and oxygen atoms in total. The summed E-state index contributed by atoms with van der Waals surface area (Å²) >= 11 is 0. The van der Waals surface area contributed by atoms with Crippen molar-refractivity contribution in [3.8, 4) is 0 Å². The van der Waals surface area contributed by atoms with Gasteiger partial charge in [-0.3, -0.25) is 18.6 Å². The Hall–Kier alpha value is -1.55. The van der Waals surface area contributed by atoms with E-state index in [1.807, 2.05) is 0 Å². The summed E-state index contributed by atoms with van der Waals surface area (Å²) in [6.07, 6.45) is 34.3. The quantitative estimate of drug-likeness (QED) is 0.0241. The van der Waals surface area contributed by atoms with Crippen LogP contribution < -0.4 is 0 Å². The normalized spacial score (nSPS) is 14.2. The van der Waals surface area contributed by atoms with E-state index in [2.05, 4.69) is 42.7 Å². The Bertz CT molecular complexity index is 910. The van der Waals surface area contributed by atoms with Gasteiger partial charge in [0.1, 0.15) is 12.7 Å². The first-order valence-electron chi connectivity index (χ1n) is 20.3. The largest absolute Gasteiger partial charge is 0.472 e. The summed E-state index contributed by atoms with van der Waals surface area (Å²) in [5.74, 6) is -0.935. The maximum absolute atomic E-state index is 12.6. The van der Waals surface area contributed by atoms with E-state index in [-0.39, 0.29) is 19.4 Å². The van der Waals surface area contributed by atoms with Crippen LogP contribution in [0.2, 0.25) is 0 Å². The molecule has 0 rings (SSSR count). The summed E-state index contributed by atoms with van der Waals surface area (Å²) in [6, 6.07) is 0. The predicted octanol–water partition coefficient (Wildman–Crippen LogP) is 10.2. The van der Waals surface area contributed by atoms with Gasteiger partial charge in [0, 0.05) is 12.8 Å². The molecule has 0 aliphatic heterocycles. The predicted molar refractivity (Wildman–Crippen MR) is 205 cm³/mol. The van der Waals surface area contributed by atoms with Crippen LogP contribution in [0.15, 0.2) is 24.3 Å². The molecule has 0 aromatic carbocycles. The Balaban J connectivity index is 4.34. The van der Waals surface area contributed by atoms with Crippen molar-refractivity contribution in [1.29, 1.82) is 0 Å². The molecular formula is C40H75O10P. The highest BCUT2D eigenvalue weighted by molar-refractivity contribution is 7.47. The molecule has 0 radical (unpaired) electrons. The number of unbranched alkanes of at least 4 members (excludes halogenated alkanes) is 20. The number of aliphatic hydroxyl groups is 2. The zero-order valence-corrected chi connectivity index (χ0v) is 33.2. The molecule has 3 N–H and O–H groups in total. The number of carbonyl (C=O) groups is 2. The number of phosphoric acid groups is 1. The molecule has 1 unspecified atom stereocenters. The first-order chi connectivity index (χ1) is 24.7. The van der Waals surface area contributed by atoms with Crippen LogP contribution in [0.3, 0.4) is 0 Å². The average Bonchev–Trinajstić information content (AvgIpc) is 3.12. The van der Waals surface area contributed by atoms with Crippen LogP contribution in [0.4, 0.5) is 0 Å². The Morgan fingerprint density at radius 3 is 1.47 bits per heavy atom. The minimum Gasteiger partial charge on any atom is -0.462 e. The molecule has 0 aromatic rings. The van der Waals surface area contributed by atoms with Gasteiger partial charge in [-0.2, -0.15) is 0 Å². The molecule has 300 valence electrons. The van der Waals surface area contributed by atoms with Gasteiger partial charge < -0.3 is 24.6 Å². The van der Waals surface area contributed by atoms with Gasteiger partial charge in [0.15, 0.2) is 6.10 Å². The number of allylic oxidation sites excluding steroid dienone is 4. The molecule has 0 saturated carbocycles. The van der Waals surface area contributed by atoms with Crippen molar-refractivity contribution in [2.75, 3.05) is 26.4 Å². The van der Waals surface area contributed by atoms with E-state index in [1.165, 1.54) is 83.5 Å². The number of esters is 2. The Morgan fingerprint density at radius 2 is 0.980 bits per heavy atom. The lowest BCUT2D eigenvalue weighted by Crippen LogP contribution is -2.29. The molecule has 3 atom stereocenters. The van der Waals surface area contributed by atoms with Crippen molar-refractivity contribution in [1.82, 2.24) is 0 Å². The number of hydrogen-bond donors (Lipinski definition) is 3. The van der Waals surface area contributed by atoms with Crippen molar-refractivity contribution in [3.05, 3.63) is 24.3 Å². The maximum Gasteiger partial charge on any atom is 0.472 e. The van der Waals surface area contributed by atoms with E-state index >= 15 is 0 Å². The first-order valence-corrected chi connectivity index (χ1v) is 21.8. The van der Waals surface area contributed by atoms with Gasteiger partial charge in [-0.15, -0.1) is 0 Å². The number of rotatable bonds is 38. The van der Waals surface area contributed by atoms with Gasteiger partial charge >= 0.3 is 19.8 Å². The third-order valence-electron chi connectivity index (χ3n) is 8.58. The van der Waals surface area contributed by atoms with Crippen molar-refractivity contribution in [2.24, 2.45) is 0 Å². The number of aliphatic hydroxyl groups excluding tert-OH is 2. The fourth-order valence-electron chi connectivity index (χ4n) is 5.38. The molecule has 0 saturated heterocycles. The van der Waals surface area contributed by atoms with Gasteiger partial charge in [-0.05, 0) is 57.8 Å². The molecule has 0 amide bonds. The monoisotopic (exact) mass is 747 g/mol. The lowest BCUT2D eigenvalue weighted by Gasteiger charge is -2.20. The molecule has 0 fully saturated rings. The topological polar surface area (TPSA) is 149 Å². The number of ether oxygens (including phenoxy) is 2. The van der Waals surface area contributed by atoms with Crippen LogP contribution >= 0.6 is 7.82 Å². The molecule has 51 heavy (non-hydrogen) atoms.